The molecule has 160 valence electrons. The van der Waals surface area contributed by atoms with E-state index in [9.17, 15) is 19.5 Å². The van der Waals surface area contributed by atoms with E-state index in [0.29, 0.717) is 11.5 Å². The predicted molar refractivity (Wildman–Crippen MR) is 109 cm³/mol. The van der Waals surface area contributed by atoms with Crippen molar-refractivity contribution in [2.45, 2.75) is 25.4 Å². The Balaban J connectivity index is 2.07. The van der Waals surface area contributed by atoms with Crippen LogP contribution in [0.1, 0.15) is 34.6 Å². The third-order valence-electron chi connectivity index (χ3n) is 5.07. The van der Waals surface area contributed by atoms with Crippen LogP contribution in [-0.4, -0.2) is 54.7 Å². The zero-order chi connectivity index (χ0) is 21.8. The average Bonchev–Trinajstić information content (AvgIpc) is 3.40. The molecule has 3 unspecified atom stereocenters. The minimum Gasteiger partial charge on any atom is -0.493 e. The Kier molecular flexibility index (Phi) is 6.61. The summed E-state index contributed by atoms with van der Waals surface area (Å²) in [6.07, 6.45) is -0.0181. The normalized spacial score (nSPS) is 20.6. The van der Waals surface area contributed by atoms with Crippen LogP contribution in [0.3, 0.4) is 0 Å². The van der Waals surface area contributed by atoms with Gasteiger partial charge in [0.25, 0.3) is 5.91 Å². The molecule has 0 aliphatic carbocycles. The Morgan fingerprint density at radius 1 is 1.17 bits per heavy atom. The lowest BCUT2D eigenvalue weighted by molar-refractivity contribution is -0.148. The van der Waals surface area contributed by atoms with Crippen molar-refractivity contribution < 1.29 is 33.7 Å². The molecule has 30 heavy (non-hydrogen) atoms. The number of aliphatic carboxylic acids is 1. The van der Waals surface area contributed by atoms with Crippen LogP contribution in [0, 0.1) is 5.92 Å². The van der Waals surface area contributed by atoms with E-state index in [1.165, 1.54) is 36.5 Å². The fraction of sp³-hybridized carbons (Fsp3) is 0.381. The molecule has 1 aliphatic heterocycles. The molecule has 1 saturated heterocycles. The van der Waals surface area contributed by atoms with Gasteiger partial charge in [0.15, 0.2) is 11.5 Å². The highest BCUT2D eigenvalue weighted by Crippen LogP contribution is 2.44. The minimum atomic E-state index is -1.17. The number of ether oxygens (including phenoxy) is 3. The van der Waals surface area contributed by atoms with Gasteiger partial charge >= 0.3 is 11.9 Å². The van der Waals surface area contributed by atoms with E-state index < -0.39 is 35.8 Å². The molecule has 1 fully saturated rings. The number of esters is 1. The summed E-state index contributed by atoms with van der Waals surface area (Å²) in [7, 11) is 2.93. The topological polar surface area (TPSA) is 102 Å². The lowest BCUT2D eigenvalue weighted by atomic mass is 9.97. The number of carboxylic acid groups (broad SMARTS) is 1. The summed E-state index contributed by atoms with van der Waals surface area (Å²) in [5.74, 6) is -2.15. The lowest BCUT2D eigenvalue weighted by Crippen LogP contribution is -2.42. The van der Waals surface area contributed by atoms with Gasteiger partial charge in [-0.3, -0.25) is 9.59 Å². The minimum absolute atomic E-state index is 0.0181. The first-order valence-corrected chi connectivity index (χ1v) is 10.3. The second kappa shape index (κ2) is 9.17. The molecule has 2 heterocycles. The van der Waals surface area contributed by atoms with Crippen molar-refractivity contribution in [3.63, 3.8) is 0 Å². The number of amides is 1. The Labute approximate surface area is 178 Å². The van der Waals surface area contributed by atoms with Gasteiger partial charge < -0.3 is 24.2 Å². The molecule has 1 N–H and O–H groups in total. The molecule has 0 bridgehead atoms. The number of hydrogen-bond donors (Lipinski definition) is 1. The average molecular weight is 433 g/mol. The van der Waals surface area contributed by atoms with Gasteiger partial charge in [-0.1, -0.05) is 6.07 Å². The smallest absolute Gasteiger partial charge is 0.326 e. The van der Waals surface area contributed by atoms with Crippen molar-refractivity contribution in [2.24, 2.45) is 5.92 Å². The standard InChI is InChI=1S/C21H23NO7S/c1-4-29-21(26)13-11-14(20(24)25)22(18(13)17-6-5-9-30-17)19(23)12-7-8-15(27-2)16(10-12)28-3/h5-10,13-14,18H,4,11H2,1-3H3,(H,24,25). The third kappa shape index (κ3) is 3.97. The van der Waals surface area contributed by atoms with E-state index in [4.69, 9.17) is 14.2 Å². The quantitative estimate of drug-likeness (QED) is 0.670. The first-order chi connectivity index (χ1) is 14.4. The second-order valence-corrected chi connectivity index (χ2v) is 7.67. The molecule has 2 aromatic rings. The molecule has 8 nitrogen and oxygen atoms in total. The van der Waals surface area contributed by atoms with Crippen LogP contribution in [0.4, 0.5) is 0 Å². The molecule has 0 radical (unpaired) electrons. The molecule has 9 heteroatoms. The number of carboxylic acids is 1. The lowest BCUT2D eigenvalue weighted by Gasteiger charge is -2.29. The van der Waals surface area contributed by atoms with Crippen LogP contribution in [-0.2, 0) is 14.3 Å². The first kappa shape index (κ1) is 21.6. The fourth-order valence-corrected chi connectivity index (χ4v) is 4.63. The summed E-state index contributed by atoms with van der Waals surface area (Å²) < 4.78 is 15.7. The number of carbonyl (C=O) groups excluding carboxylic acids is 2. The van der Waals surface area contributed by atoms with Gasteiger partial charge in [0, 0.05) is 10.4 Å². The van der Waals surface area contributed by atoms with Gasteiger partial charge in [0.05, 0.1) is 32.8 Å². The fourth-order valence-electron chi connectivity index (χ4n) is 3.75. The first-order valence-electron chi connectivity index (χ1n) is 9.40. The number of methoxy groups -OCH3 is 2. The zero-order valence-corrected chi connectivity index (χ0v) is 17.7. The van der Waals surface area contributed by atoms with Crippen LogP contribution >= 0.6 is 11.3 Å². The van der Waals surface area contributed by atoms with Crippen LogP contribution in [0.2, 0.25) is 0 Å². The maximum Gasteiger partial charge on any atom is 0.326 e. The monoisotopic (exact) mass is 433 g/mol. The van der Waals surface area contributed by atoms with Crippen molar-refractivity contribution in [1.29, 1.82) is 0 Å². The van der Waals surface area contributed by atoms with E-state index in [2.05, 4.69) is 0 Å². The predicted octanol–water partition coefficient (Wildman–Crippen LogP) is 2.99. The van der Waals surface area contributed by atoms with Crippen molar-refractivity contribution in [3.8, 4) is 11.5 Å². The summed E-state index contributed by atoms with van der Waals surface area (Å²) in [6, 6.07) is 6.34. The van der Waals surface area contributed by atoms with Crippen molar-refractivity contribution in [1.82, 2.24) is 4.90 Å². The molecule has 1 aliphatic rings. The molecule has 1 aromatic heterocycles. The zero-order valence-electron chi connectivity index (χ0n) is 16.9. The summed E-state index contributed by atoms with van der Waals surface area (Å²) in [5.41, 5.74) is 0.241. The van der Waals surface area contributed by atoms with Crippen LogP contribution in [0.5, 0.6) is 11.5 Å². The highest BCUT2D eigenvalue weighted by molar-refractivity contribution is 7.10. The van der Waals surface area contributed by atoms with E-state index in [0.717, 1.165) is 4.88 Å². The molecule has 0 spiro atoms. The van der Waals surface area contributed by atoms with E-state index >= 15 is 0 Å². The summed E-state index contributed by atoms with van der Waals surface area (Å²) >= 11 is 1.36. The van der Waals surface area contributed by atoms with Crippen molar-refractivity contribution in [2.75, 3.05) is 20.8 Å². The Morgan fingerprint density at radius 3 is 2.47 bits per heavy atom. The van der Waals surface area contributed by atoms with Gasteiger partial charge in [0.2, 0.25) is 0 Å². The number of benzene rings is 1. The number of likely N-dealkylation sites (tertiary alicyclic amines) is 1. The maximum absolute atomic E-state index is 13.5. The van der Waals surface area contributed by atoms with Gasteiger partial charge in [-0.25, -0.2) is 4.79 Å². The highest BCUT2D eigenvalue weighted by atomic mass is 32.1. The summed E-state index contributed by atoms with van der Waals surface area (Å²) in [6.45, 7) is 1.86. The number of thiophene rings is 1. The largest absolute Gasteiger partial charge is 0.493 e. The van der Waals surface area contributed by atoms with Gasteiger partial charge in [-0.15, -0.1) is 11.3 Å². The van der Waals surface area contributed by atoms with E-state index in [-0.39, 0.29) is 18.6 Å². The third-order valence-corrected chi connectivity index (χ3v) is 6.01. The maximum atomic E-state index is 13.5. The second-order valence-electron chi connectivity index (χ2n) is 6.69. The number of rotatable bonds is 7. The van der Waals surface area contributed by atoms with Crippen molar-refractivity contribution in [3.05, 3.63) is 46.2 Å². The number of hydrogen-bond acceptors (Lipinski definition) is 7. The molecule has 0 saturated carbocycles. The summed E-state index contributed by atoms with van der Waals surface area (Å²) in [5, 5.41) is 11.6. The Hall–Kier alpha value is -3.07. The Bertz CT molecular complexity index is 927. The van der Waals surface area contributed by atoms with Crippen LogP contribution in [0.15, 0.2) is 35.7 Å². The number of nitrogens with zero attached hydrogens (tertiary/aromatic N) is 1. The Morgan fingerprint density at radius 2 is 1.90 bits per heavy atom. The molecular formula is C21H23NO7S. The van der Waals surface area contributed by atoms with Gasteiger partial charge in [-0.2, -0.15) is 0 Å². The van der Waals surface area contributed by atoms with Crippen LogP contribution < -0.4 is 9.47 Å². The van der Waals surface area contributed by atoms with Crippen LogP contribution in [0.25, 0.3) is 0 Å². The van der Waals surface area contributed by atoms with Gasteiger partial charge in [-0.05, 0) is 43.0 Å². The van der Waals surface area contributed by atoms with E-state index in [1.54, 1.807) is 31.2 Å². The molecule has 3 rings (SSSR count). The van der Waals surface area contributed by atoms with Crippen molar-refractivity contribution >= 4 is 29.2 Å². The van der Waals surface area contributed by atoms with Gasteiger partial charge in [0.1, 0.15) is 6.04 Å². The summed E-state index contributed by atoms with van der Waals surface area (Å²) in [4.78, 5) is 40.1. The molecule has 1 amide bonds. The molecular weight excluding hydrogens is 410 g/mol. The molecule has 1 aromatic carbocycles. The van der Waals surface area contributed by atoms with E-state index in [1.807, 2.05) is 5.38 Å². The highest BCUT2D eigenvalue weighted by Gasteiger charge is 2.51. The molecule has 3 atom stereocenters. The number of carbonyl (C=O) groups is 3. The SMILES string of the molecule is CCOC(=O)C1CC(C(=O)O)N(C(=O)c2ccc(OC)c(OC)c2)C1c1cccs1.